The van der Waals surface area contributed by atoms with E-state index in [1.807, 2.05) is 69.3 Å². The predicted molar refractivity (Wildman–Crippen MR) is 127 cm³/mol. The second-order valence-corrected chi connectivity index (χ2v) is 9.93. The number of benzene rings is 2. The molecule has 3 rings (SSSR count). The molecule has 0 spiro atoms. The van der Waals surface area contributed by atoms with Gasteiger partial charge in [0.15, 0.2) is 0 Å². The summed E-state index contributed by atoms with van der Waals surface area (Å²) in [6.07, 6.45) is 1.03. The standard InChI is InChI=1S/C25H29N3O2S/c1-5-25(29)28(4)23-12-8-21(9-13-23)22-10-14-24(15-11-22)31(26,30)17-16-20-7-6-18(2)27-19(20)3/h6-15,26H,5,16-17H2,1-4H3. The van der Waals surface area contributed by atoms with Crippen molar-refractivity contribution in [3.8, 4) is 11.1 Å². The van der Waals surface area contributed by atoms with Gasteiger partial charge >= 0.3 is 0 Å². The van der Waals surface area contributed by atoms with E-state index >= 15 is 0 Å². The van der Waals surface area contributed by atoms with Gasteiger partial charge in [0.25, 0.3) is 0 Å². The minimum Gasteiger partial charge on any atom is -0.316 e. The van der Waals surface area contributed by atoms with E-state index in [0.717, 1.165) is 33.8 Å². The molecule has 0 aliphatic carbocycles. The Morgan fingerprint density at radius 2 is 1.55 bits per heavy atom. The summed E-state index contributed by atoms with van der Waals surface area (Å²) >= 11 is 0. The molecule has 5 nitrogen and oxygen atoms in total. The summed E-state index contributed by atoms with van der Waals surface area (Å²) < 4.78 is 21.4. The number of amides is 1. The summed E-state index contributed by atoms with van der Waals surface area (Å²) in [7, 11) is -1.11. The fourth-order valence-corrected chi connectivity index (χ4v) is 4.80. The van der Waals surface area contributed by atoms with Crippen molar-refractivity contribution in [2.45, 2.75) is 38.5 Å². The van der Waals surface area contributed by atoms with Gasteiger partial charge in [0.1, 0.15) is 0 Å². The van der Waals surface area contributed by atoms with E-state index in [-0.39, 0.29) is 11.7 Å². The Kier molecular flexibility index (Phi) is 6.91. The first-order chi connectivity index (χ1) is 14.7. The average Bonchev–Trinajstić information content (AvgIpc) is 2.77. The molecule has 3 aromatic rings. The number of hydrogen-bond acceptors (Lipinski definition) is 4. The summed E-state index contributed by atoms with van der Waals surface area (Å²) in [5.74, 6) is 0.337. The summed E-state index contributed by atoms with van der Waals surface area (Å²) in [6, 6.07) is 19.1. The van der Waals surface area contributed by atoms with E-state index in [0.29, 0.717) is 17.7 Å². The van der Waals surface area contributed by atoms with Gasteiger partial charge in [0, 0.05) is 41.2 Å². The molecule has 1 atom stereocenters. The molecule has 0 radical (unpaired) electrons. The average molecular weight is 436 g/mol. The Hall–Kier alpha value is -2.99. The number of hydrogen-bond donors (Lipinski definition) is 1. The maximum absolute atomic E-state index is 13.0. The van der Waals surface area contributed by atoms with Crippen molar-refractivity contribution < 1.29 is 9.00 Å². The van der Waals surface area contributed by atoms with Crippen LogP contribution in [0.3, 0.4) is 0 Å². The van der Waals surface area contributed by atoms with Crippen LogP contribution in [0.15, 0.2) is 65.6 Å². The zero-order valence-corrected chi connectivity index (χ0v) is 19.3. The Morgan fingerprint density at radius 1 is 0.968 bits per heavy atom. The fraction of sp³-hybridized carbons (Fsp3) is 0.280. The second kappa shape index (κ2) is 9.43. The van der Waals surface area contributed by atoms with Gasteiger partial charge in [-0.15, -0.1) is 0 Å². The van der Waals surface area contributed by atoms with Crippen LogP contribution in [0.5, 0.6) is 0 Å². The molecule has 0 bridgehead atoms. The Labute approximate surface area is 185 Å². The number of nitrogens with one attached hydrogen (secondary N) is 1. The van der Waals surface area contributed by atoms with Crippen molar-refractivity contribution in [1.82, 2.24) is 4.98 Å². The lowest BCUT2D eigenvalue weighted by Gasteiger charge is -2.17. The topological polar surface area (TPSA) is 74.1 Å². The van der Waals surface area contributed by atoms with Gasteiger partial charge in [0.2, 0.25) is 5.91 Å². The lowest BCUT2D eigenvalue weighted by molar-refractivity contribution is -0.118. The van der Waals surface area contributed by atoms with Gasteiger partial charge in [-0.2, -0.15) is 0 Å². The number of anilines is 1. The number of aryl methyl sites for hydroxylation is 3. The van der Waals surface area contributed by atoms with Crippen LogP contribution in [0, 0.1) is 18.6 Å². The number of carbonyl (C=O) groups excluding carboxylic acids is 1. The maximum Gasteiger partial charge on any atom is 0.226 e. The van der Waals surface area contributed by atoms with Gasteiger partial charge < -0.3 is 4.90 Å². The molecule has 0 fully saturated rings. The van der Waals surface area contributed by atoms with E-state index in [2.05, 4.69) is 4.98 Å². The number of nitrogens with zero attached hydrogens (tertiary/aromatic N) is 2. The fourth-order valence-electron chi connectivity index (χ4n) is 3.48. The minimum absolute atomic E-state index is 0.0684. The molecule has 1 N–H and O–H groups in total. The third-order valence-electron chi connectivity index (χ3n) is 5.49. The summed E-state index contributed by atoms with van der Waals surface area (Å²) in [6.45, 7) is 5.74. The number of rotatable bonds is 7. The molecular weight excluding hydrogens is 406 g/mol. The van der Waals surface area contributed by atoms with Crippen LogP contribution in [0.25, 0.3) is 11.1 Å². The highest BCUT2D eigenvalue weighted by Gasteiger charge is 2.13. The maximum atomic E-state index is 13.0. The molecule has 162 valence electrons. The quantitative estimate of drug-likeness (QED) is 0.541. The normalized spacial score (nSPS) is 12.9. The van der Waals surface area contributed by atoms with E-state index < -0.39 is 9.73 Å². The van der Waals surface area contributed by atoms with Crippen LogP contribution in [0.4, 0.5) is 5.69 Å². The molecule has 6 heteroatoms. The zero-order chi connectivity index (χ0) is 22.6. The third-order valence-corrected chi connectivity index (χ3v) is 7.31. The van der Waals surface area contributed by atoms with Gasteiger partial charge in [-0.3, -0.25) is 9.78 Å². The van der Waals surface area contributed by atoms with Crippen LogP contribution in [-0.2, 0) is 20.9 Å². The number of aromatic nitrogens is 1. The van der Waals surface area contributed by atoms with Crippen molar-refractivity contribution in [3.63, 3.8) is 0 Å². The van der Waals surface area contributed by atoms with Crippen LogP contribution in [-0.4, -0.2) is 27.9 Å². The van der Waals surface area contributed by atoms with E-state index in [4.69, 9.17) is 4.78 Å². The Balaban J connectivity index is 1.72. The molecule has 0 aliphatic rings. The number of pyridine rings is 1. The highest BCUT2D eigenvalue weighted by atomic mass is 32.2. The third kappa shape index (κ3) is 5.39. The van der Waals surface area contributed by atoms with Crippen LogP contribution in [0.2, 0.25) is 0 Å². The van der Waals surface area contributed by atoms with E-state index in [1.165, 1.54) is 0 Å². The highest BCUT2D eigenvalue weighted by Crippen LogP contribution is 2.25. The molecule has 1 amide bonds. The largest absolute Gasteiger partial charge is 0.316 e. The first kappa shape index (κ1) is 22.7. The first-order valence-electron chi connectivity index (χ1n) is 10.4. The monoisotopic (exact) mass is 435 g/mol. The molecule has 31 heavy (non-hydrogen) atoms. The van der Waals surface area contributed by atoms with Crippen molar-refractivity contribution in [1.29, 1.82) is 4.78 Å². The van der Waals surface area contributed by atoms with Crippen LogP contribution < -0.4 is 4.90 Å². The Morgan fingerprint density at radius 3 is 2.10 bits per heavy atom. The molecule has 0 aliphatic heterocycles. The van der Waals surface area contributed by atoms with Crippen LogP contribution >= 0.6 is 0 Å². The van der Waals surface area contributed by atoms with Gasteiger partial charge in [0.05, 0.1) is 9.73 Å². The second-order valence-electron chi connectivity index (χ2n) is 7.70. The lowest BCUT2D eigenvalue weighted by atomic mass is 10.1. The van der Waals surface area contributed by atoms with Crippen molar-refractivity contribution in [2.75, 3.05) is 17.7 Å². The summed E-state index contributed by atoms with van der Waals surface area (Å²) in [5.41, 5.74) is 5.76. The SMILES string of the molecule is CCC(=O)N(C)c1ccc(-c2ccc(S(=N)(=O)CCc3ccc(C)nc3C)cc2)cc1. The molecular formula is C25H29N3O2S. The van der Waals surface area contributed by atoms with Crippen molar-refractivity contribution >= 4 is 21.3 Å². The zero-order valence-electron chi connectivity index (χ0n) is 18.5. The molecule has 0 saturated carbocycles. The summed E-state index contributed by atoms with van der Waals surface area (Å²) in [4.78, 5) is 18.5. The van der Waals surface area contributed by atoms with E-state index in [1.54, 1.807) is 24.1 Å². The van der Waals surface area contributed by atoms with Crippen molar-refractivity contribution in [2.24, 2.45) is 0 Å². The smallest absolute Gasteiger partial charge is 0.226 e. The molecule has 1 aromatic heterocycles. The summed E-state index contributed by atoms with van der Waals surface area (Å²) in [5, 5.41) is 0. The van der Waals surface area contributed by atoms with Gasteiger partial charge in [-0.1, -0.05) is 37.3 Å². The Bertz CT molecular complexity index is 1170. The van der Waals surface area contributed by atoms with Gasteiger partial charge in [-0.25, -0.2) is 8.99 Å². The predicted octanol–water partition coefficient (Wildman–Crippen LogP) is 5.39. The lowest BCUT2D eigenvalue weighted by Crippen LogP contribution is -2.24. The molecule has 1 heterocycles. The minimum atomic E-state index is -2.89. The molecule has 1 unspecified atom stereocenters. The number of carbonyl (C=O) groups is 1. The van der Waals surface area contributed by atoms with Crippen molar-refractivity contribution in [3.05, 3.63) is 77.6 Å². The van der Waals surface area contributed by atoms with Crippen LogP contribution in [0.1, 0.15) is 30.3 Å². The molecule has 0 saturated heterocycles. The molecule has 2 aromatic carbocycles. The first-order valence-corrected chi connectivity index (χ1v) is 12.1. The van der Waals surface area contributed by atoms with E-state index in [9.17, 15) is 9.00 Å². The highest BCUT2D eigenvalue weighted by molar-refractivity contribution is 7.92. The van der Waals surface area contributed by atoms with Gasteiger partial charge in [-0.05, 0) is 67.3 Å².